The van der Waals surface area contributed by atoms with Crippen LogP contribution in [0.1, 0.15) is 32.6 Å². The predicted molar refractivity (Wildman–Crippen MR) is 71.2 cm³/mol. The fourth-order valence-electron chi connectivity index (χ4n) is 1.69. The summed E-state index contributed by atoms with van der Waals surface area (Å²) >= 11 is 0. The van der Waals surface area contributed by atoms with Crippen molar-refractivity contribution in [3.63, 3.8) is 0 Å². The first kappa shape index (κ1) is 14.6. The van der Waals surface area contributed by atoms with Crippen molar-refractivity contribution in [1.29, 1.82) is 0 Å². The highest BCUT2D eigenvalue weighted by molar-refractivity contribution is 5.85. The molecule has 0 saturated carbocycles. The zero-order valence-corrected chi connectivity index (χ0v) is 11.3. The third-order valence-electron chi connectivity index (χ3n) is 2.60. The lowest BCUT2D eigenvalue weighted by Crippen LogP contribution is -2.33. The van der Waals surface area contributed by atoms with Crippen LogP contribution >= 0.6 is 12.4 Å². The Labute approximate surface area is 112 Å². The number of nitrogens with zero attached hydrogens (tertiary/aromatic N) is 3. The summed E-state index contributed by atoms with van der Waals surface area (Å²) in [5.74, 6) is 0.999. The second-order valence-corrected chi connectivity index (χ2v) is 4.33. The fraction of sp³-hybridized carbons (Fsp3) is 0.417. The number of hydrogen-bond acceptors (Lipinski definition) is 5. The van der Waals surface area contributed by atoms with Gasteiger partial charge in [0.05, 0.1) is 5.54 Å². The summed E-state index contributed by atoms with van der Waals surface area (Å²) in [6.45, 7) is 3.97. The maximum Gasteiger partial charge on any atom is 0.246 e. The van der Waals surface area contributed by atoms with Gasteiger partial charge in [-0.1, -0.05) is 18.5 Å². The molecule has 18 heavy (non-hydrogen) atoms. The summed E-state index contributed by atoms with van der Waals surface area (Å²) in [7, 11) is 0. The van der Waals surface area contributed by atoms with Crippen molar-refractivity contribution in [2.24, 2.45) is 5.73 Å². The minimum atomic E-state index is -0.567. The third kappa shape index (κ3) is 3.05. The Bertz CT molecular complexity index is 484. The molecule has 6 heteroatoms. The van der Waals surface area contributed by atoms with Gasteiger partial charge in [-0.3, -0.25) is 4.98 Å². The van der Waals surface area contributed by atoms with Gasteiger partial charge >= 0.3 is 0 Å². The van der Waals surface area contributed by atoms with Crippen LogP contribution in [0.2, 0.25) is 0 Å². The highest BCUT2D eigenvalue weighted by atomic mass is 35.5. The lowest BCUT2D eigenvalue weighted by molar-refractivity contribution is 0.284. The first-order valence-corrected chi connectivity index (χ1v) is 5.67. The van der Waals surface area contributed by atoms with Gasteiger partial charge in [0.1, 0.15) is 0 Å². The van der Waals surface area contributed by atoms with Crippen molar-refractivity contribution in [1.82, 2.24) is 15.1 Å². The van der Waals surface area contributed by atoms with E-state index >= 15 is 0 Å². The quantitative estimate of drug-likeness (QED) is 0.922. The Morgan fingerprint density at radius 1 is 1.44 bits per heavy atom. The zero-order valence-electron chi connectivity index (χ0n) is 10.5. The molecule has 2 N–H and O–H groups in total. The number of rotatable bonds is 4. The van der Waals surface area contributed by atoms with Gasteiger partial charge in [-0.15, -0.1) is 12.4 Å². The zero-order chi connectivity index (χ0) is 12.3. The van der Waals surface area contributed by atoms with E-state index < -0.39 is 5.54 Å². The van der Waals surface area contributed by atoms with Gasteiger partial charge < -0.3 is 10.3 Å². The Kier molecular flexibility index (Phi) is 4.81. The second kappa shape index (κ2) is 5.93. The Hall–Kier alpha value is -1.46. The standard InChI is InChI=1S/C12H16N4O.ClH/c1-3-6-12(2,13)11-15-10(16-17-11)9-5-4-7-14-8-9;/h4-5,7-8H,3,6,13H2,1-2H3;1H. The van der Waals surface area contributed by atoms with E-state index in [-0.39, 0.29) is 12.4 Å². The molecule has 1 atom stereocenters. The second-order valence-electron chi connectivity index (χ2n) is 4.33. The van der Waals surface area contributed by atoms with Crippen LogP contribution in [0.3, 0.4) is 0 Å². The number of hydrogen-bond donors (Lipinski definition) is 1. The van der Waals surface area contributed by atoms with Crippen molar-refractivity contribution in [3.05, 3.63) is 30.4 Å². The van der Waals surface area contributed by atoms with Crippen molar-refractivity contribution in [2.75, 3.05) is 0 Å². The van der Waals surface area contributed by atoms with Crippen LogP contribution in [0, 0.1) is 0 Å². The maximum absolute atomic E-state index is 6.13. The van der Waals surface area contributed by atoms with Gasteiger partial charge in [-0.05, 0) is 25.5 Å². The fourth-order valence-corrected chi connectivity index (χ4v) is 1.69. The average molecular weight is 269 g/mol. The van der Waals surface area contributed by atoms with Gasteiger partial charge in [0.15, 0.2) is 0 Å². The van der Waals surface area contributed by atoms with Crippen LogP contribution in [0.15, 0.2) is 29.0 Å². The number of pyridine rings is 1. The Balaban J connectivity index is 0.00000162. The van der Waals surface area contributed by atoms with E-state index in [1.54, 1.807) is 12.4 Å². The lowest BCUT2D eigenvalue weighted by Gasteiger charge is -2.18. The molecule has 5 nitrogen and oxygen atoms in total. The highest BCUT2D eigenvalue weighted by Crippen LogP contribution is 2.23. The van der Waals surface area contributed by atoms with Crippen molar-refractivity contribution in [2.45, 2.75) is 32.2 Å². The van der Waals surface area contributed by atoms with E-state index in [1.807, 2.05) is 19.1 Å². The summed E-state index contributed by atoms with van der Waals surface area (Å²) in [6.07, 6.45) is 5.18. The minimum Gasteiger partial charge on any atom is -0.337 e. The van der Waals surface area contributed by atoms with Crippen LogP contribution in [-0.2, 0) is 5.54 Å². The van der Waals surface area contributed by atoms with E-state index in [9.17, 15) is 0 Å². The van der Waals surface area contributed by atoms with E-state index in [0.717, 1.165) is 18.4 Å². The molecule has 1 unspecified atom stereocenters. The average Bonchev–Trinajstić information content (AvgIpc) is 2.80. The van der Waals surface area contributed by atoms with E-state index in [2.05, 4.69) is 22.0 Å². The van der Waals surface area contributed by atoms with E-state index in [4.69, 9.17) is 10.3 Å². The molecule has 0 aliphatic carbocycles. The summed E-state index contributed by atoms with van der Waals surface area (Å²) in [5, 5.41) is 3.93. The molecule has 0 aliphatic heterocycles. The third-order valence-corrected chi connectivity index (χ3v) is 2.60. The van der Waals surface area contributed by atoms with Crippen LogP contribution in [0.25, 0.3) is 11.4 Å². The molecule has 2 aromatic heterocycles. The van der Waals surface area contributed by atoms with E-state index in [1.165, 1.54) is 0 Å². The topological polar surface area (TPSA) is 77.8 Å². The number of aromatic nitrogens is 3. The smallest absolute Gasteiger partial charge is 0.246 e. The van der Waals surface area contributed by atoms with Gasteiger partial charge in [0.25, 0.3) is 0 Å². The molecule has 0 amide bonds. The normalized spacial score (nSPS) is 13.7. The minimum absolute atomic E-state index is 0. The molecular formula is C12H17ClN4O. The molecule has 0 aliphatic rings. The highest BCUT2D eigenvalue weighted by Gasteiger charge is 2.27. The Morgan fingerprint density at radius 2 is 2.22 bits per heavy atom. The molecular weight excluding hydrogens is 252 g/mol. The first-order chi connectivity index (χ1) is 8.13. The molecule has 2 heterocycles. The van der Waals surface area contributed by atoms with E-state index in [0.29, 0.717) is 11.7 Å². The molecule has 0 aromatic carbocycles. The molecule has 2 aromatic rings. The molecule has 0 radical (unpaired) electrons. The van der Waals surface area contributed by atoms with Crippen LogP contribution in [-0.4, -0.2) is 15.1 Å². The van der Waals surface area contributed by atoms with Gasteiger partial charge in [-0.2, -0.15) is 4.98 Å². The molecule has 0 spiro atoms. The summed E-state index contributed by atoms with van der Waals surface area (Å²) < 4.78 is 5.22. The molecule has 2 rings (SSSR count). The number of nitrogens with two attached hydrogens (primary N) is 1. The van der Waals surface area contributed by atoms with Gasteiger partial charge in [-0.25, -0.2) is 0 Å². The van der Waals surface area contributed by atoms with Crippen molar-refractivity contribution < 1.29 is 4.52 Å². The molecule has 0 fully saturated rings. The SMILES string of the molecule is CCCC(C)(N)c1nc(-c2cccnc2)no1.Cl. The molecule has 0 bridgehead atoms. The molecule has 0 saturated heterocycles. The largest absolute Gasteiger partial charge is 0.337 e. The Morgan fingerprint density at radius 3 is 2.83 bits per heavy atom. The summed E-state index contributed by atoms with van der Waals surface area (Å²) in [6, 6.07) is 3.72. The van der Waals surface area contributed by atoms with Crippen LogP contribution in [0.5, 0.6) is 0 Å². The maximum atomic E-state index is 6.13. The van der Waals surface area contributed by atoms with Gasteiger partial charge in [0.2, 0.25) is 11.7 Å². The number of halogens is 1. The lowest BCUT2D eigenvalue weighted by atomic mass is 9.98. The van der Waals surface area contributed by atoms with Crippen molar-refractivity contribution in [3.8, 4) is 11.4 Å². The van der Waals surface area contributed by atoms with Gasteiger partial charge in [0, 0.05) is 18.0 Å². The predicted octanol–water partition coefficient (Wildman–Crippen LogP) is 2.53. The monoisotopic (exact) mass is 268 g/mol. The molecule has 98 valence electrons. The van der Waals surface area contributed by atoms with Crippen LogP contribution in [0.4, 0.5) is 0 Å². The van der Waals surface area contributed by atoms with Crippen LogP contribution < -0.4 is 5.73 Å². The van der Waals surface area contributed by atoms with Crippen molar-refractivity contribution >= 4 is 12.4 Å². The summed E-state index contributed by atoms with van der Waals surface area (Å²) in [4.78, 5) is 8.34. The first-order valence-electron chi connectivity index (χ1n) is 5.67. The summed E-state index contributed by atoms with van der Waals surface area (Å²) in [5.41, 5.74) is 6.39.